The van der Waals surface area contributed by atoms with E-state index in [1.54, 1.807) is 0 Å². The van der Waals surface area contributed by atoms with Crippen LogP contribution in [0.5, 0.6) is 0 Å². The lowest BCUT2D eigenvalue weighted by atomic mass is 9.76. The molecule has 0 saturated heterocycles. The van der Waals surface area contributed by atoms with Crippen molar-refractivity contribution in [3.8, 4) is 0 Å². The summed E-state index contributed by atoms with van der Waals surface area (Å²) < 4.78 is 0. The SMILES string of the molecule is CCCCCCCC(NN)C1CCC(CCCC)CC1. The first-order chi connectivity index (χ1) is 9.81. The van der Waals surface area contributed by atoms with Gasteiger partial charge in [0, 0.05) is 6.04 Å². The van der Waals surface area contributed by atoms with E-state index in [2.05, 4.69) is 19.3 Å². The van der Waals surface area contributed by atoms with Crippen LogP contribution in [0.3, 0.4) is 0 Å². The third kappa shape index (κ3) is 7.08. The van der Waals surface area contributed by atoms with Crippen molar-refractivity contribution in [3.05, 3.63) is 0 Å². The minimum atomic E-state index is 0.573. The van der Waals surface area contributed by atoms with Gasteiger partial charge in [-0.25, -0.2) is 0 Å². The van der Waals surface area contributed by atoms with Gasteiger partial charge in [-0.2, -0.15) is 0 Å². The third-order valence-electron chi connectivity index (χ3n) is 5.26. The number of unbranched alkanes of at least 4 members (excludes halogenated alkanes) is 5. The lowest BCUT2D eigenvalue weighted by Gasteiger charge is -2.33. The fourth-order valence-corrected chi connectivity index (χ4v) is 3.79. The Hall–Kier alpha value is -0.0800. The minimum absolute atomic E-state index is 0.573. The van der Waals surface area contributed by atoms with Gasteiger partial charge < -0.3 is 0 Å². The lowest BCUT2D eigenvalue weighted by Crippen LogP contribution is -2.42. The Labute approximate surface area is 127 Å². The molecule has 0 heterocycles. The van der Waals surface area contributed by atoms with Gasteiger partial charge in [-0.1, -0.05) is 78.1 Å². The fraction of sp³-hybridized carbons (Fsp3) is 1.00. The molecular weight excluding hydrogens is 244 g/mol. The van der Waals surface area contributed by atoms with E-state index in [4.69, 9.17) is 5.84 Å². The van der Waals surface area contributed by atoms with Crippen molar-refractivity contribution in [2.75, 3.05) is 0 Å². The van der Waals surface area contributed by atoms with Gasteiger partial charge >= 0.3 is 0 Å². The van der Waals surface area contributed by atoms with Gasteiger partial charge in [0.05, 0.1) is 0 Å². The molecule has 3 N–H and O–H groups in total. The molecule has 0 bridgehead atoms. The normalized spacial score (nSPS) is 24.8. The van der Waals surface area contributed by atoms with Gasteiger partial charge in [-0.3, -0.25) is 11.3 Å². The molecule has 0 aromatic rings. The predicted octanol–water partition coefficient (Wildman–Crippen LogP) is 5.18. The summed E-state index contributed by atoms with van der Waals surface area (Å²) in [6.07, 6.45) is 18.1. The number of hydrogen-bond acceptors (Lipinski definition) is 2. The highest BCUT2D eigenvalue weighted by Gasteiger charge is 2.26. The Morgan fingerprint density at radius 3 is 2.15 bits per heavy atom. The second-order valence-electron chi connectivity index (χ2n) is 6.90. The fourth-order valence-electron chi connectivity index (χ4n) is 3.79. The molecule has 1 saturated carbocycles. The molecule has 0 radical (unpaired) electrons. The average molecular weight is 283 g/mol. The Balaban J connectivity index is 2.16. The summed E-state index contributed by atoms with van der Waals surface area (Å²) in [4.78, 5) is 0. The first-order valence-electron chi connectivity index (χ1n) is 9.27. The molecular formula is C18H38N2. The van der Waals surface area contributed by atoms with E-state index in [0.29, 0.717) is 6.04 Å². The molecule has 20 heavy (non-hydrogen) atoms. The Morgan fingerprint density at radius 1 is 0.900 bits per heavy atom. The highest BCUT2D eigenvalue weighted by molar-refractivity contribution is 4.80. The van der Waals surface area contributed by atoms with Gasteiger partial charge in [0.25, 0.3) is 0 Å². The number of hydrazine groups is 1. The standard InChI is InChI=1S/C18H38N2/c1-3-5-7-8-9-11-18(20-19)17-14-12-16(13-15-17)10-6-4-2/h16-18,20H,3-15,19H2,1-2H3. The molecule has 0 aromatic heterocycles. The first-order valence-corrected chi connectivity index (χ1v) is 9.27. The monoisotopic (exact) mass is 282 g/mol. The molecule has 1 fully saturated rings. The van der Waals surface area contributed by atoms with Crippen molar-refractivity contribution in [2.24, 2.45) is 17.7 Å². The molecule has 1 aliphatic rings. The van der Waals surface area contributed by atoms with Crippen LogP contribution in [-0.4, -0.2) is 6.04 Å². The molecule has 0 amide bonds. The molecule has 1 aliphatic carbocycles. The molecule has 0 aliphatic heterocycles. The van der Waals surface area contributed by atoms with Crippen molar-refractivity contribution in [3.63, 3.8) is 0 Å². The quantitative estimate of drug-likeness (QED) is 0.311. The Kier molecular flexibility index (Phi) is 10.4. The summed E-state index contributed by atoms with van der Waals surface area (Å²) in [5.74, 6) is 7.65. The third-order valence-corrected chi connectivity index (χ3v) is 5.26. The number of hydrogen-bond donors (Lipinski definition) is 2. The van der Waals surface area contributed by atoms with Crippen molar-refractivity contribution < 1.29 is 0 Å². The number of nitrogens with one attached hydrogen (secondary N) is 1. The first kappa shape index (κ1) is 18.0. The topological polar surface area (TPSA) is 38.0 Å². The Bertz CT molecular complexity index is 207. The average Bonchev–Trinajstić information content (AvgIpc) is 2.49. The minimum Gasteiger partial charge on any atom is -0.271 e. The van der Waals surface area contributed by atoms with Gasteiger partial charge in [-0.05, 0) is 31.1 Å². The van der Waals surface area contributed by atoms with Crippen LogP contribution in [0.15, 0.2) is 0 Å². The molecule has 0 spiro atoms. The maximum absolute atomic E-state index is 5.81. The molecule has 1 unspecified atom stereocenters. The van der Waals surface area contributed by atoms with Crippen molar-refractivity contribution in [2.45, 2.75) is 103 Å². The molecule has 2 nitrogen and oxygen atoms in total. The van der Waals surface area contributed by atoms with Crippen LogP contribution >= 0.6 is 0 Å². The van der Waals surface area contributed by atoms with Gasteiger partial charge in [0.15, 0.2) is 0 Å². The molecule has 1 rings (SSSR count). The van der Waals surface area contributed by atoms with Crippen molar-refractivity contribution >= 4 is 0 Å². The van der Waals surface area contributed by atoms with E-state index >= 15 is 0 Å². The van der Waals surface area contributed by atoms with Crippen LogP contribution in [0, 0.1) is 11.8 Å². The smallest absolute Gasteiger partial charge is 0.0238 e. The zero-order valence-electron chi connectivity index (χ0n) is 14.0. The lowest BCUT2D eigenvalue weighted by molar-refractivity contribution is 0.204. The van der Waals surface area contributed by atoms with E-state index in [1.807, 2.05) is 0 Å². The largest absolute Gasteiger partial charge is 0.271 e. The molecule has 120 valence electrons. The maximum Gasteiger partial charge on any atom is 0.0238 e. The van der Waals surface area contributed by atoms with Gasteiger partial charge in [-0.15, -0.1) is 0 Å². The second kappa shape index (κ2) is 11.6. The van der Waals surface area contributed by atoms with Crippen LogP contribution < -0.4 is 11.3 Å². The predicted molar refractivity (Wildman–Crippen MR) is 89.5 cm³/mol. The van der Waals surface area contributed by atoms with E-state index in [9.17, 15) is 0 Å². The van der Waals surface area contributed by atoms with E-state index in [1.165, 1.54) is 83.5 Å². The van der Waals surface area contributed by atoms with Crippen LogP contribution in [-0.2, 0) is 0 Å². The van der Waals surface area contributed by atoms with Crippen molar-refractivity contribution in [1.29, 1.82) is 0 Å². The van der Waals surface area contributed by atoms with Crippen LogP contribution in [0.1, 0.15) is 97.3 Å². The maximum atomic E-state index is 5.81. The van der Waals surface area contributed by atoms with E-state index < -0.39 is 0 Å². The summed E-state index contributed by atoms with van der Waals surface area (Å²) in [6.45, 7) is 4.58. The molecule has 0 aromatic carbocycles. The second-order valence-corrected chi connectivity index (χ2v) is 6.90. The van der Waals surface area contributed by atoms with Crippen molar-refractivity contribution in [1.82, 2.24) is 5.43 Å². The van der Waals surface area contributed by atoms with Crippen LogP contribution in [0.4, 0.5) is 0 Å². The Morgan fingerprint density at radius 2 is 1.55 bits per heavy atom. The summed E-state index contributed by atoms with van der Waals surface area (Å²) in [5, 5.41) is 0. The van der Waals surface area contributed by atoms with E-state index in [0.717, 1.165) is 11.8 Å². The number of rotatable bonds is 11. The molecule has 1 atom stereocenters. The summed E-state index contributed by atoms with van der Waals surface area (Å²) in [5.41, 5.74) is 3.12. The zero-order valence-corrected chi connectivity index (χ0v) is 14.0. The van der Waals surface area contributed by atoms with Gasteiger partial charge in [0.2, 0.25) is 0 Å². The zero-order chi connectivity index (χ0) is 14.6. The van der Waals surface area contributed by atoms with E-state index in [-0.39, 0.29) is 0 Å². The van der Waals surface area contributed by atoms with Crippen LogP contribution in [0.2, 0.25) is 0 Å². The highest BCUT2D eigenvalue weighted by atomic mass is 15.2. The molecule has 2 heteroatoms. The summed E-state index contributed by atoms with van der Waals surface area (Å²) in [7, 11) is 0. The van der Waals surface area contributed by atoms with Gasteiger partial charge in [0.1, 0.15) is 0 Å². The number of nitrogens with two attached hydrogens (primary N) is 1. The highest BCUT2D eigenvalue weighted by Crippen LogP contribution is 2.34. The summed E-state index contributed by atoms with van der Waals surface area (Å²) in [6, 6.07) is 0.573. The summed E-state index contributed by atoms with van der Waals surface area (Å²) >= 11 is 0. The van der Waals surface area contributed by atoms with Crippen LogP contribution in [0.25, 0.3) is 0 Å².